The van der Waals surface area contributed by atoms with E-state index in [4.69, 9.17) is 9.47 Å². The van der Waals surface area contributed by atoms with Gasteiger partial charge in [0.25, 0.3) is 0 Å². The molecule has 2 unspecified atom stereocenters. The smallest absolute Gasteiger partial charge is 0.113 e. The zero-order valence-electron chi connectivity index (χ0n) is 11.4. The van der Waals surface area contributed by atoms with Crippen molar-refractivity contribution in [3.8, 4) is 0 Å². The predicted molar refractivity (Wildman–Crippen MR) is 73.1 cm³/mol. The summed E-state index contributed by atoms with van der Waals surface area (Å²) in [5, 5.41) is 6.95. The van der Waals surface area contributed by atoms with Crippen molar-refractivity contribution in [1.29, 1.82) is 0 Å². The molecule has 1 aliphatic heterocycles. The highest BCUT2D eigenvalue weighted by Gasteiger charge is 2.39. The second-order valence-electron chi connectivity index (χ2n) is 4.93. The molecule has 0 bridgehead atoms. The second kappa shape index (κ2) is 6.10. The first kappa shape index (κ1) is 13.9. The molecule has 1 aliphatic rings. The van der Waals surface area contributed by atoms with E-state index < -0.39 is 0 Å². The molecule has 0 saturated carbocycles. The maximum atomic E-state index is 5.67. The molecule has 1 saturated heterocycles. The maximum Gasteiger partial charge on any atom is 0.113 e. The van der Waals surface area contributed by atoms with Crippen molar-refractivity contribution in [2.75, 3.05) is 26.9 Å². The minimum Gasteiger partial charge on any atom is -0.383 e. The second-order valence-corrected chi connectivity index (χ2v) is 5.79. The lowest BCUT2D eigenvalue weighted by atomic mass is 9.87. The summed E-state index contributed by atoms with van der Waals surface area (Å²) in [6, 6.07) is 0. The summed E-state index contributed by atoms with van der Waals surface area (Å²) in [5.41, 5.74) is 1.07. The molecule has 18 heavy (non-hydrogen) atoms. The highest BCUT2D eigenvalue weighted by molar-refractivity contribution is 7.09. The van der Waals surface area contributed by atoms with Gasteiger partial charge in [0.1, 0.15) is 5.01 Å². The fourth-order valence-electron chi connectivity index (χ4n) is 2.48. The molecule has 2 atom stereocenters. The molecule has 102 valence electrons. The fraction of sp³-hybridized carbons (Fsp3) is 0.769. The molecular weight excluding hydrogens is 248 g/mol. The summed E-state index contributed by atoms with van der Waals surface area (Å²) in [6.45, 7) is 6.54. The van der Waals surface area contributed by atoms with Crippen molar-refractivity contribution in [2.45, 2.75) is 38.3 Å². The van der Waals surface area contributed by atoms with Crippen molar-refractivity contribution < 1.29 is 9.47 Å². The van der Waals surface area contributed by atoms with Gasteiger partial charge in [0.15, 0.2) is 0 Å². The molecule has 2 heterocycles. The van der Waals surface area contributed by atoms with E-state index in [-0.39, 0.29) is 11.6 Å². The predicted octanol–water partition coefficient (Wildman–Crippen LogP) is 2.08. The van der Waals surface area contributed by atoms with E-state index in [0.29, 0.717) is 0 Å². The van der Waals surface area contributed by atoms with E-state index in [9.17, 15) is 0 Å². The molecule has 0 spiro atoms. The third-order valence-electron chi connectivity index (χ3n) is 3.37. The van der Waals surface area contributed by atoms with Crippen LogP contribution < -0.4 is 5.32 Å². The normalized spacial score (nSPS) is 28.5. The van der Waals surface area contributed by atoms with Crippen molar-refractivity contribution in [3.05, 3.63) is 16.1 Å². The molecule has 0 amide bonds. The maximum absolute atomic E-state index is 5.67. The van der Waals surface area contributed by atoms with Crippen LogP contribution in [0.25, 0.3) is 0 Å². The number of methoxy groups -OCH3 is 1. The van der Waals surface area contributed by atoms with Crippen LogP contribution in [0.1, 0.15) is 30.5 Å². The molecule has 1 fully saturated rings. The van der Waals surface area contributed by atoms with Gasteiger partial charge in [-0.3, -0.25) is 0 Å². The minimum absolute atomic E-state index is 0.0326. The van der Waals surface area contributed by atoms with Crippen LogP contribution >= 0.6 is 11.3 Å². The van der Waals surface area contributed by atoms with Crippen LogP contribution in [0, 0.1) is 6.92 Å². The summed E-state index contributed by atoms with van der Waals surface area (Å²) in [7, 11) is 1.73. The topological polar surface area (TPSA) is 43.4 Å². The number of nitrogens with one attached hydrogen (secondary N) is 1. The third-order valence-corrected chi connectivity index (χ3v) is 4.53. The van der Waals surface area contributed by atoms with E-state index in [1.807, 2.05) is 6.92 Å². The molecule has 4 nitrogen and oxygen atoms in total. The first-order valence-corrected chi connectivity index (χ1v) is 7.32. The summed E-state index contributed by atoms with van der Waals surface area (Å²) in [5.74, 6) is 0. The molecule has 1 aromatic rings. The SMILES string of the molecule is COCCNC1(c2nc(C)cs2)CCOC(C)C1. The van der Waals surface area contributed by atoms with Crippen molar-refractivity contribution in [3.63, 3.8) is 0 Å². The standard InChI is InChI=1S/C13H22N2O2S/c1-10-9-18-12(15-10)13(14-5-7-16-3)4-6-17-11(2)8-13/h9,11,14H,4-8H2,1-3H3. The average molecular weight is 270 g/mol. The van der Waals surface area contributed by atoms with Crippen LogP contribution in [0.3, 0.4) is 0 Å². The van der Waals surface area contributed by atoms with Crippen LogP contribution in [0.4, 0.5) is 0 Å². The van der Waals surface area contributed by atoms with Gasteiger partial charge < -0.3 is 14.8 Å². The molecule has 0 aliphatic carbocycles. The van der Waals surface area contributed by atoms with E-state index in [0.717, 1.165) is 38.3 Å². The first-order chi connectivity index (χ1) is 8.66. The Morgan fingerprint density at radius 2 is 2.50 bits per heavy atom. The van der Waals surface area contributed by atoms with Crippen LogP contribution in [0.2, 0.25) is 0 Å². The lowest BCUT2D eigenvalue weighted by Crippen LogP contribution is -2.49. The Bertz CT molecular complexity index is 383. The Kier molecular flexibility index (Phi) is 4.72. The van der Waals surface area contributed by atoms with Gasteiger partial charge in [0.05, 0.1) is 18.2 Å². The molecule has 0 aromatic carbocycles. The highest BCUT2D eigenvalue weighted by atomic mass is 32.1. The van der Waals surface area contributed by atoms with Gasteiger partial charge >= 0.3 is 0 Å². The fourth-order valence-corrected chi connectivity index (χ4v) is 3.50. The van der Waals surface area contributed by atoms with Gasteiger partial charge in [-0.25, -0.2) is 4.98 Å². The number of aryl methyl sites for hydroxylation is 1. The van der Waals surface area contributed by atoms with E-state index in [1.54, 1.807) is 18.4 Å². The highest BCUT2D eigenvalue weighted by Crippen LogP contribution is 2.36. The quantitative estimate of drug-likeness (QED) is 0.832. The number of hydrogen-bond donors (Lipinski definition) is 1. The van der Waals surface area contributed by atoms with Gasteiger partial charge in [0.2, 0.25) is 0 Å². The summed E-state index contributed by atoms with van der Waals surface area (Å²) >= 11 is 1.75. The summed E-state index contributed by atoms with van der Waals surface area (Å²) in [4.78, 5) is 4.68. The number of aromatic nitrogens is 1. The van der Waals surface area contributed by atoms with Crippen molar-refractivity contribution in [2.24, 2.45) is 0 Å². The molecule has 0 radical (unpaired) electrons. The minimum atomic E-state index is -0.0326. The lowest BCUT2D eigenvalue weighted by molar-refractivity contribution is -0.0222. The van der Waals surface area contributed by atoms with Gasteiger partial charge in [-0.1, -0.05) is 0 Å². The third kappa shape index (κ3) is 3.09. The van der Waals surface area contributed by atoms with E-state index in [1.165, 1.54) is 5.01 Å². The lowest BCUT2D eigenvalue weighted by Gasteiger charge is -2.39. The zero-order chi connectivity index (χ0) is 13.0. The molecule has 5 heteroatoms. The molecule has 1 aromatic heterocycles. The number of rotatable bonds is 5. The monoisotopic (exact) mass is 270 g/mol. The van der Waals surface area contributed by atoms with E-state index >= 15 is 0 Å². The Morgan fingerprint density at radius 1 is 1.67 bits per heavy atom. The average Bonchev–Trinajstić information content (AvgIpc) is 2.77. The van der Waals surface area contributed by atoms with Gasteiger partial charge in [-0.15, -0.1) is 11.3 Å². The van der Waals surface area contributed by atoms with Crippen LogP contribution in [0.5, 0.6) is 0 Å². The zero-order valence-corrected chi connectivity index (χ0v) is 12.2. The van der Waals surface area contributed by atoms with Crippen molar-refractivity contribution in [1.82, 2.24) is 10.3 Å². The Balaban J connectivity index is 2.16. The molecule has 2 rings (SSSR count). The number of thiazole rings is 1. The van der Waals surface area contributed by atoms with Crippen molar-refractivity contribution >= 4 is 11.3 Å². The Hall–Kier alpha value is -0.490. The summed E-state index contributed by atoms with van der Waals surface area (Å²) < 4.78 is 10.8. The van der Waals surface area contributed by atoms with Crippen LogP contribution in [-0.4, -0.2) is 38.0 Å². The van der Waals surface area contributed by atoms with Crippen LogP contribution in [-0.2, 0) is 15.0 Å². The summed E-state index contributed by atoms with van der Waals surface area (Å²) in [6.07, 6.45) is 2.23. The number of nitrogens with zero attached hydrogens (tertiary/aromatic N) is 1. The molecule has 1 N–H and O–H groups in total. The Morgan fingerprint density at radius 3 is 3.11 bits per heavy atom. The Labute approximate surface area is 113 Å². The molecular formula is C13H22N2O2S. The number of ether oxygens (including phenoxy) is 2. The van der Waals surface area contributed by atoms with Gasteiger partial charge in [-0.05, 0) is 26.7 Å². The largest absolute Gasteiger partial charge is 0.383 e. The van der Waals surface area contributed by atoms with Gasteiger partial charge in [0, 0.05) is 31.3 Å². The van der Waals surface area contributed by atoms with Crippen LogP contribution in [0.15, 0.2) is 5.38 Å². The van der Waals surface area contributed by atoms with Gasteiger partial charge in [-0.2, -0.15) is 0 Å². The first-order valence-electron chi connectivity index (χ1n) is 6.44. The number of hydrogen-bond acceptors (Lipinski definition) is 5. The van der Waals surface area contributed by atoms with E-state index in [2.05, 4.69) is 22.6 Å².